The van der Waals surface area contributed by atoms with E-state index in [0.717, 1.165) is 17.5 Å². The average molecular weight is 614 g/mol. The molecule has 43 heavy (non-hydrogen) atoms. The standard InChI is InChI=1S/C29H30F3N7O3S/c1-38-14-15-39(27(38)40)20-8-6-19(7-9-20)22-10-11-23-24(34-22)25(37-28(12-13-28)29(30,31)32)36-26(35-23)33-17-18-4-3-5-21(16-18)43(2,41)42/h4,6-11,16H,3,5,12-15,17H2,1-2H3,(H2,33,35,36,37). The second-order valence-electron chi connectivity index (χ2n) is 11.1. The van der Waals surface area contributed by atoms with Gasteiger partial charge in [0.05, 0.1) is 11.2 Å². The number of pyridine rings is 1. The molecule has 1 saturated carbocycles. The highest BCUT2D eigenvalue weighted by Crippen LogP contribution is 2.51. The van der Waals surface area contributed by atoms with E-state index in [2.05, 4.69) is 25.6 Å². The number of amides is 2. The van der Waals surface area contributed by atoms with Crippen LogP contribution in [0.15, 0.2) is 59.0 Å². The van der Waals surface area contributed by atoms with Gasteiger partial charge in [0.1, 0.15) is 11.1 Å². The summed E-state index contributed by atoms with van der Waals surface area (Å²) < 4.78 is 65.8. The first-order valence-corrected chi connectivity index (χ1v) is 15.7. The molecule has 3 heterocycles. The van der Waals surface area contributed by atoms with Gasteiger partial charge in [-0.3, -0.25) is 4.90 Å². The molecule has 10 nitrogen and oxygen atoms in total. The minimum Gasteiger partial charge on any atom is -0.354 e. The lowest BCUT2D eigenvalue weighted by Gasteiger charge is -2.22. The molecule has 2 aromatic heterocycles. The molecule has 1 aromatic carbocycles. The highest BCUT2D eigenvalue weighted by molar-refractivity contribution is 7.94. The number of hydrogen-bond acceptors (Lipinski definition) is 8. The number of sulfone groups is 1. The van der Waals surface area contributed by atoms with Crippen LogP contribution in [0.4, 0.5) is 35.4 Å². The molecule has 0 bridgehead atoms. The van der Waals surface area contributed by atoms with Crippen LogP contribution < -0.4 is 15.5 Å². The van der Waals surface area contributed by atoms with Crippen molar-refractivity contribution in [2.24, 2.45) is 0 Å². The largest absolute Gasteiger partial charge is 0.411 e. The van der Waals surface area contributed by atoms with Gasteiger partial charge in [-0.2, -0.15) is 18.2 Å². The van der Waals surface area contributed by atoms with E-state index in [1.165, 1.54) is 0 Å². The molecule has 2 amide bonds. The number of urea groups is 1. The van der Waals surface area contributed by atoms with E-state index in [1.54, 1.807) is 35.1 Å². The molecule has 1 saturated heterocycles. The molecule has 1 aliphatic heterocycles. The molecular weight excluding hydrogens is 583 g/mol. The lowest BCUT2D eigenvalue weighted by molar-refractivity contribution is -0.151. The second-order valence-corrected chi connectivity index (χ2v) is 13.2. The molecule has 6 rings (SSSR count). The Morgan fingerprint density at radius 1 is 1.02 bits per heavy atom. The van der Waals surface area contributed by atoms with Gasteiger partial charge in [-0.1, -0.05) is 18.2 Å². The smallest absolute Gasteiger partial charge is 0.354 e. The Labute approximate surface area is 246 Å². The molecule has 3 aromatic rings. The Hall–Kier alpha value is -4.20. The third-order valence-electron chi connectivity index (χ3n) is 7.95. The minimum absolute atomic E-state index is 0.0449. The Morgan fingerprint density at radius 2 is 1.77 bits per heavy atom. The van der Waals surface area contributed by atoms with Crippen molar-refractivity contribution in [1.29, 1.82) is 0 Å². The van der Waals surface area contributed by atoms with Crippen molar-refractivity contribution in [2.45, 2.75) is 37.4 Å². The van der Waals surface area contributed by atoms with E-state index in [-0.39, 0.29) is 42.7 Å². The van der Waals surface area contributed by atoms with Crippen LogP contribution in [0.5, 0.6) is 0 Å². The summed E-state index contributed by atoms with van der Waals surface area (Å²) in [5.41, 5.74) is 1.14. The van der Waals surface area contributed by atoms with E-state index < -0.39 is 21.6 Å². The number of nitrogens with one attached hydrogen (secondary N) is 2. The first kappa shape index (κ1) is 28.9. The van der Waals surface area contributed by atoms with E-state index >= 15 is 0 Å². The molecule has 2 fully saturated rings. The molecule has 0 spiro atoms. The number of anilines is 3. The number of carbonyl (C=O) groups is 1. The number of likely N-dealkylation sites (N-methyl/N-ethyl adjacent to an activating group) is 1. The molecule has 2 N–H and O–H groups in total. The maximum absolute atomic E-state index is 13.9. The normalized spacial score (nSPS) is 18.5. The number of benzene rings is 1. The van der Waals surface area contributed by atoms with Crippen LogP contribution in [0.2, 0.25) is 0 Å². The van der Waals surface area contributed by atoms with Crippen molar-refractivity contribution in [3.05, 3.63) is 59.0 Å². The quantitative estimate of drug-likeness (QED) is 0.359. The van der Waals surface area contributed by atoms with Gasteiger partial charge >= 0.3 is 12.2 Å². The van der Waals surface area contributed by atoms with Gasteiger partial charge in [0.2, 0.25) is 5.95 Å². The van der Waals surface area contributed by atoms with Crippen LogP contribution in [0.25, 0.3) is 22.3 Å². The maximum atomic E-state index is 13.9. The van der Waals surface area contributed by atoms with Gasteiger partial charge in [0.25, 0.3) is 0 Å². The molecule has 14 heteroatoms. The first-order chi connectivity index (χ1) is 20.3. The summed E-state index contributed by atoms with van der Waals surface area (Å²) in [5.74, 6) is 0.0457. The summed E-state index contributed by atoms with van der Waals surface area (Å²) >= 11 is 0. The van der Waals surface area contributed by atoms with Crippen molar-refractivity contribution >= 4 is 44.4 Å². The van der Waals surface area contributed by atoms with Crippen LogP contribution in [-0.2, 0) is 9.84 Å². The van der Waals surface area contributed by atoms with Gasteiger partial charge < -0.3 is 15.5 Å². The predicted octanol–water partition coefficient (Wildman–Crippen LogP) is 5.13. The first-order valence-electron chi connectivity index (χ1n) is 13.8. The van der Waals surface area contributed by atoms with Crippen molar-refractivity contribution < 1.29 is 26.4 Å². The maximum Gasteiger partial charge on any atom is 0.411 e. The zero-order valence-electron chi connectivity index (χ0n) is 23.6. The minimum atomic E-state index is -4.48. The SMILES string of the molecule is CN1CCN(c2ccc(-c3ccc4nc(NCC5=CCCC(S(C)(=O)=O)=C5)nc(NC5(C(F)(F)F)CC5)c4n3)cc2)C1=O. The zero-order chi connectivity index (χ0) is 30.6. The Balaban J connectivity index is 1.31. The lowest BCUT2D eigenvalue weighted by atomic mass is 10.1. The molecule has 0 unspecified atom stereocenters. The summed E-state index contributed by atoms with van der Waals surface area (Å²) in [6, 6.07) is 10.6. The third-order valence-corrected chi connectivity index (χ3v) is 9.23. The van der Waals surface area contributed by atoms with Gasteiger partial charge in [0, 0.05) is 49.1 Å². The lowest BCUT2D eigenvalue weighted by Crippen LogP contribution is -2.39. The van der Waals surface area contributed by atoms with Crippen molar-refractivity contribution in [2.75, 3.05) is 48.5 Å². The van der Waals surface area contributed by atoms with Crippen LogP contribution in [0, 0.1) is 0 Å². The number of carbonyl (C=O) groups excluding carboxylic acids is 1. The van der Waals surface area contributed by atoms with Crippen molar-refractivity contribution in [3.8, 4) is 11.3 Å². The van der Waals surface area contributed by atoms with Crippen LogP contribution in [0.3, 0.4) is 0 Å². The Kier molecular flexibility index (Phi) is 7.06. The van der Waals surface area contributed by atoms with Gasteiger partial charge in [-0.05, 0) is 61.6 Å². The topological polar surface area (TPSA) is 120 Å². The van der Waals surface area contributed by atoms with Gasteiger partial charge in [-0.15, -0.1) is 0 Å². The van der Waals surface area contributed by atoms with E-state index in [9.17, 15) is 26.4 Å². The molecule has 226 valence electrons. The summed E-state index contributed by atoms with van der Waals surface area (Å²) in [7, 11) is -1.58. The van der Waals surface area contributed by atoms with Crippen LogP contribution in [0.1, 0.15) is 25.7 Å². The van der Waals surface area contributed by atoms with Crippen molar-refractivity contribution in [3.63, 3.8) is 0 Å². The summed E-state index contributed by atoms with van der Waals surface area (Å²) in [6.07, 6.45) is 1.02. The monoisotopic (exact) mass is 613 g/mol. The van der Waals surface area contributed by atoms with Crippen LogP contribution >= 0.6 is 0 Å². The molecular formula is C29H30F3N7O3S. The fourth-order valence-corrected chi connectivity index (χ4v) is 6.06. The number of fused-ring (bicyclic) bond motifs is 1. The number of rotatable bonds is 8. The number of nitrogens with zero attached hydrogens (tertiary/aromatic N) is 5. The number of allylic oxidation sites excluding steroid dienone is 2. The fraction of sp³-hybridized carbons (Fsp3) is 0.379. The van der Waals surface area contributed by atoms with E-state index in [0.29, 0.717) is 47.6 Å². The van der Waals surface area contributed by atoms with Gasteiger partial charge in [0.15, 0.2) is 15.7 Å². The van der Waals surface area contributed by atoms with Crippen LogP contribution in [-0.4, -0.2) is 79.0 Å². The van der Waals surface area contributed by atoms with Crippen molar-refractivity contribution in [1.82, 2.24) is 19.9 Å². The Morgan fingerprint density at radius 3 is 2.40 bits per heavy atom. The summed E-state index contributed by atoms with van der Waals surface area (Å²) in [5, 5.41) is 5.65. The molecule has 0 radical (unpaired) electrons. The molecule has 0 atom stereocenters. The third kappa shape index (κ3) is 5.75. The summed E-state index contributed by atoms with van der Waals surface area (Å²) in [6.45, 7) is 1.41. The average Bonchev–Trinajstić information content (AvgIpc) is 3.70. The number of hydrogen-bond donors (Lipinski definition) is 2. The number of halogens is 3. The summed E-state index contributed by atoms with van der Waals surface area (Å²) in [4.78, 5) is 29.6. The molecule has 2 aliphatic carbocycles. The predicted molar refractivity (Wildman–Crippen MR) is 159 cm³/mol. The Bertz CT molecular complexity index is 1770. The van der Waals surface area contributed by atoms with E-state index in [4.69, 9.17) is 0 Å². The molecule has 3 aliphatic rings. The fourth-order valence-electron chi connectivity index (χ4n) is 5.21. The second kappa shape index (κ2) is 10.5. The highest BCUT2D eigenvalue weighted by atomic mass is 32.2. The number of aromatic nitrogens is 3. The van der Waals surface area contributed by atoms with Gasteiger partial charge in [-0.25, -0.2) is 23.2 Å². The van der Waals surface area contributed by atoms with E-state index in [1.807, 2.05) is 30.3 Å². The highest BCUT2D eigenvalue weighted by Gasteiger charge is 2.64. The zero-order valence-corrected chi connectivity index (χ0v) is 24.4. The number of alkyl halides is 3.